The van der Waals surface area contributed by atoms with Gasteiger partial charge < -0.3 is 10.6 Å². The third kappa shape index (κ3) is 2.99. The van der Waals surface area contributed by atoms with Crippen molar-refractivity contribution < 1.29 is 0 Å². The second-order valence-electron chi connectivity index (χ2n) is 4.10. The maximum Gasteiger partial charge on any atom is 0.208 e. The van der Waals surface area contributed by atoms with Crippen LogP contribution in [-0.2, 0) is 6.54 Å². The van der Waals surface area contributed by atoms with Crippen LogP contribution < -0.4 is 5.73 Å². The molecule has 1 aliphatic rings. The fourth-order valence-electron chi connectivity index (χ4n) is 1.98. The highest BCUT2D eigenvalue weighted by Crippen LogP contribution is 2.07. The number of hydrogen-bond acceptors (Lipinski definition) is 4. The number of aromatic nitrogens is 3. The summed E-state index contributed by atoms with van der Waals surface area (Å²) in [6.07, 6.45) is 5.47. The van der Waals surface area contributed by atoms with Crippen molar-refractivity contribution in [2.45, 2.75) is 25.8 Å². The van der Waals surface area contributed by atoms with Gasteiger partial charge >= 0.3 is 0 Å². The number of rotatable bonds is 5. The predicted molar refractivity (Wildman–Crippen MR) is 66.2 cm³/mol. The van der Waals surface area contributed by atoms with Gasteiger partial charge in [0.25, 0.3) is 0 Å². The Bertz CT molecular complexity index is 356. The van der Waals surface area contributed by atoms with Crippen molar-refractivity contribution in [2.75, 3.05) is 19.6 Å². The van der Waals surface area contributed by atoms with Crippen LogP contribution in [0.2, 0.25) is 0 Å². The van der Waals surface area contributed by atoms with Gasteiger partial charge in [0.1, 0.15) is 11.3 Å². The molecule has 0 unspecified atom stereocenters. The minimum Gasteiger partial charge on any atom is -0.387 e. The quantitative estimate of drug-likeness (QED) is 0.754. The van der Waals surface area contributed by atoms with E-state index in [0.717, 1.165) is 19.5 Å². The zero-order valence-electron chi connectivity index (χ0n) is 9.30. The smallest absolute Gasteiger partial charge is 0.208 e. The van der Waals surface area contributed by atoms with Crippen molar-refractivity contribution in [2.24, 2.45) is 5.73 Å². The molecule has 0 amide bonds. The molecule has 1 fully saturated rings. The first-order valence-corrected chi connectivity index (χ1v) is 6.08. The second kappa shape index (κ2) is 5.36. The Morgan fingerprint density at radius 3 is 2.75 bits per heavy atom. The van der Waals surface area contributed by atoms with E-state index in [2.05, 4.69) is 15.0 Å². The number of nitrogens with zero attached hydrogens (tertiary/aromatic N) is 4. The lowest BCUT2D eigenvalue weighted by atomic mass is 10.4. The van der Waals surface area contributed by atoms with Gasteiger partial charge in [0, 0.05) is 6.54 Å². The molecule has 1 aliphatic heterocycles. The molecule has 88 valence electrons. The van der Waals surface area contributed by atoms with Crippen molar-refractivity contribution in [3.8, 4) is 0 Å². The van der Waals surface area contributed by atoms with Crippen LogP contribution in [0.25, 0.3) is 0 Å². The minimum absolute atomic E-state index is 0.262. The van der Waals surface area contributed by atoms with Crippen molar-refractivity contribution in [1.82, 2.24) is 19.7 Å². The minimum atomic E-state index is 0.262. The molecule has 0 spiro atoms. The Morgan fingerprint density at radius 2 is 2.12 bits per heavy atom. The van der Waals surface area contributed by atoms with Gasteiger partial charge in [-0.05, 0) is 38.9 Å². The van der Waals surface area contributed by atoms with Gasteiger partial charge in [0.15, 0.2) is 0 Å². The molecule has 0 bridgehead atoms. The van der Waals surface area contributed by atoms with Crippen LogP contribution in [0.15, 0.2) is 6.33 Å². The summed E-state index contributed by atoms with van der Waals surface area (Å²) in [5.74, 6) is 0.469. The van der Waals surface area contributed by atoms with Crippen LogP contribution in [0.4, 0.5) is 0 Å². The zero-order valence-corrected chi connectivity index (χ0v) is 10.1. The average molecular weight is 239 g/mol. The number of thiocarbonyl (C=S) groups is 1. The third-order valence-electron chi connectivity index (χ3n) is 2.82. The van der Waals surface area contributed by atoms with Crippen molar-refractivity contribution in [3.63, 3.8) is 0 Å². The predicted octanol–water partition coefficient (Wildman–Crippen LogP) is 0.398. The third-order valence-corrected chi connectivity index (χ3v) is 3.00. The summed E-state index contributed by atoms with van der Waals surface area (Å²) in [6, 6.07) is 0. The van der Waals surface area contributed by atoms with E-state index < -0.39 is 0 Å². The average Bonchev–Trinajstić information content (AvgIpc) is 2.87. The molecular formula is C10H17N5S. The van der Waals surface area contributed by atoms with Gasteiger partial charge in [-0.3, -0.25) is 4.68 Å². The fraction of sp³-hybridized carbons (Fsp3) is 0.700. The van der Waals surface area contributed by atoms with Crippen LogP contribution in [0, 0.1) is 0 Å². The standard InChI is InChI=1S/C10H17N5S/c11-9(16)10-12-8-15(13-10)7-3-6-14-4-1-2-5-14/h8H,1-7H2,(H2,11,16). The summed E-state index contributed by atoms with van der Waals surface area (Å²) in [6.45, 7) is 4.51. The lowest BCUT2D eigenvalue weighted by Gasteiger charge is -2.13. The van der Waals surface area contributed by atoms with E-state index in [1.165, 1.54) is 25.9 Å². The highest BCUT2D eigenvalue weighted by Gasteiger charge is 2.10. The molecule has 0 radical (unpaired) electrons. The van der Waals surface area contributed by atoms with E-state index in [1.54, 1.807) is 6.33 Å². The van der Waals surface area contributed by atoms with Crippen LogP contribution >= 0.6 is 12.2 Å². The van der Waals surface area contributed by atoms with Gasteiger partial charge in [-0.25, -0.2) is 4.98 Å². The van der Waals surface area contributed by atoms with Crippen LogP contribution in [0.3, 0.4) is 0 Å². The number of likely N-dealkylation sites (tertiary alicyclic amines) is 1. The van der Waals surface area contributed by atoms with E-state index in [4.69, 9.17) is 18.0 Å². The molecule has 0 aromatic carbocycles. The molecule has 2 rings (SSSR count). The van der Waals surface area contributed by atoms with Crippen LogP contribution in [-0.4, -0.2) is 44.3 Å². The number of aryl methyl sites for hydroxylation is 1. The second-order valence-corrected chi connectivity index (χ2v) is 4.54. The largest absolute Gasteiger partial charge is 0.387 e. The van der Waals surface area contributed by atoms with E-state index in [9.17, 15) is 0 Å². The highest BCUT2D eigenvalue weighted by atomic mass is 32.1. The van der Waals surface area contributed by atoms with Crippen LogP contribution in [0.1, 0.15) is 25.1 Å². The van der Waals surface area contributed by atoms with E-state index in [1.807, 2.05) is 4.68 Å². The Balaban J connectivity index is 1.74. The summed E-state index contributed by atoms with van der Waals surface area (Å²) < 4.78 is 1.81. The monoisotopic (exact) mass is 239 g/mol. The maximum absolute atomic E-state index is 5.44. The number of hydrogen-bond donors (Lipinski definition) is 1. The molecule has 5 nitrogen and oxygen atoms in total. The Labute approximate surface area is 101 Å². The zero-order chi connectivity index (χ0) is 11.4. The first kappa shape index (κ1) is 11.5. The molecule has 1 aromatic rings. The van der Waals surface area contributed by atoms with E-state index >= 15 is 0 Å². The molecule has 1 saturated heterocycles. The van der Waals surface area contributed by atoms with Gasteiger partial charge in [0.2, 0.25) is 5.82 Å². The Kier molecular flexibility index (Phi) is 3.84. The first-order valence-electron chi connectivity index (χ1n) is 5.67. The van der Waals surface area contributed by atoms with E-state index in [-0.39, 0.29) is 4.99 Å². The van der Waals surface area contributed by atoms with Gasteiger partial charge in [0.05, 0.1) is 0 Å². The molecule has 16 heavy (non-hydrogen) atoms. The number of nitrogens with two attached hydrogens (primary N) is 1. The van der Waals surface area contributed by atoms with Crippen molar-refractivity contribution >= 4 is 17.2 Å². The van der Waals surface area contributed by atoms with Gasteiger partial charge in [-0.15, -0.1) is 5.10 Å². The van der Waals surface area contributed by atoms with Crippen molar-refractivity contribution in [3.05, 3.63) is 12.2 Å². The maximum atomic E-state index is 5.44. The Hall–Kier alpha value is -1.01. The normalized spacial score (nSPS) is 16.8. The summed E-state index contributed by atoms with van der Waals surface area (Å²) in [5, 5.41) is 4.19. The van der Waals surface area contributed by atoms with Crippen LogP contribution in [0.5, 0.6) is 0 Å². The molecule has 0 aliphatic carbocycles. The van der Waals surface area contributed by atoms with Crippen molar-refractivity contribution in [1.29, 1.82) is 0 Å². The van der Waals surface area contributed by atoms with Gasteiger partial charge in [-0.1, -0.05) is 12.2 Å². The molecule has 6 heteroatoms. The fourth-order valence-corrected chi connectivity index (χ4v) is 2.07. The molecule has 0 atom stereocenters. The lowest BCUT2D eigenvalue weighted by Crippen LogP contribution is -2.21. The summed E-state index contributed by atoms with van der Waals surface area (Å²) in [5.41, 5.74) is 5.44. The summed E-state index contributed by atoms with van der Waals surface area (Å²) >= 11 is 4.81. The molecule has 2 N–H and O–H groups in total. The molecule has 2 heterocycles. The Morgan fingerprint density at radius 1 is 1.38 bits per heavy atom. The summed E-state index contributed by atoms with van der Waals surface area (Å²) in [4.78, 5) is 6.79. The SMILES string of the molecule is NC(=S)c1ncn(CCCN2CCCC2)n1. The first-order chi connectivity index (χ1) is 7.75. The molecular weight excluding hydrogens is 222 g/mol. The molecule has 1 aromatic heterocycles. The topological polar surface area (TPSA) is 60.0 Å². The molecule has 0 saturated carbocycles. The highest BCUT2D eigenvalue weighted by molar-refractivity contribution is 7.80. The van der Waals surface area contributed by atoms with Gasteiger partial charge in [-0.2, -0.15) is 0 Å². The lowest BCUT2D eigenvalue weighted by molar-refractivity contribution is 0.322. The van der Waals surface area contributed by atoms with E-state index in [0.29, 0.717) is 5.82 Å². The summed E-state index contributed by atoms with van der Waals surface area (Å²) in [7, 11) is 0.